The second-order valence-electron chi connectivity index (χ2n) is 10.1. The van der Waals surface area contributed by atoms with Crippen LogP contribution in [-0.2, 0) is 13.2 Å². The van der Waals surface area contributed by atoms with Crippen LogP contribution in [0.2, 0.25) is 0 Å². The summed E-state index contributed by atoms with van der Waals surface area (Å²) in [5.74, 6) is -0.707. The topological polar surface area (TPSA) is 67.2 Å². The molecule has 1 fully saturated rings. The summed E-state index contributed by atoms with van der Waals surface area (Å²) < 4.78 is 42.0. The van der Waals surface area contributed by atoms with E-state index in [0.717, 1.165) is 36.1 Å². The molecule has 0 unspecified atom stereocenters. The Morgan fingerprint density at radius 3 is 2.30 bits per heavy atom. The van der Waals surface area contributed by atoms with E-state index < -0.39 is 23.2 Å². The van der Waals surface area contributed by atoms with Gasteiger partial charge in [0.2, 0.25) is 0 Å². The average molecular weight is 547 g/mol. The zero-order valence-electron chi connectivity index (χ0n) is 22.2. The first-order valence-electron chi connectivity index (χ1n) is 13.1. The Labute approximate surface area is 230 Å². The summed E-state index contributed by atoms with van der Waals surface area (Å²) in [4.78, 5) is 27.9. The molecule has 4 aromatic rings. The Kier molecular flexibility index (Phi) is 7.47. The average Bonchev–Trinajstić information content (AvgIpc) is 3.39. The molecular formula is C31H29F3N4O2. The number of nitrogens with zero attached hydrogens (tertiary/aromatic N) is 3. The highest BCUT2D eigenvalue weighted by atomic mass is 19.4. The first kappa shape index (κ1) is 27.2. The van der Waals surface area contributed by atoms with Crippen LogP contribution in [0, 0.1) is 6.92 Å². The molecule has 3 aromatic carbocycles. The van der Waals surface area contributed by atoms with Gasteiger partial charge in [-0.25, -0.2) is 0 Å². The number of nitrogens with one attached hydrogen (secondary N) is 1. The van der Waals surface area contributed by atoms with E-state index in [1.807, 2.05) is 19.4 Å². The lowest BCUT2D eigenvalue weighted by atomic mass is 9.88. The van der Waals surface area contributed by atoms with Gasteiger partial charge in [-0.2, -0.15) is 18.3 Å². The van der Waals surface area contributed by atoms with Gasteiger partial charge in [0, 0.05) is 43.1 Å². The van der Waals surface area contributed by atoms with E-state index in [2.05, 4.69) is 34.7 Å². The number of hydrogen-bond donors (Lipinski definition) is 1. The van der Waals surface area contributed by atoms with Gasteiger partial charge in [-0.15, -0.1) is 0 Å². The maximum Gasteiger partial charge on any atom is 0.417 e. The van der Waals surface area contributed by atoms with Crippen LogP contribution in [-0.4, -0.2) is 39.6 Å². The van der Waals surface area contributed by atoms with E-state index in [0.29, 0.717) is 35.8 Å². The monoisotopic (exact) mass is 546 g/mol. The Bertz CT molecular complexity index is 1530. The maximum absolute atomic E-state index is 13.4. The molecule has 1 saturated heterocycles. The van der Waals surface area contributed by atoms with E-state index in [1.54, 1.807) is 28.6 Å². The minimum atomic E-state index is -4.66. The van der Waals surface area contributed by atoms with E-state index >= 15 is 0 Å². The summed E-state index contributed by atoms with van der Waals surface area (Å²) in [6, 6.07) is 18.0. The van der Waals surface area contributed by atoms with Crippen molar-refractivity contribution >= 4 is 17.5 Å². The smallest absolute Gasteiger partial charge is 0.339 e. The van der Waals surface area contributed by atoms with Crippen LogP contribution in [0.1, 0.15) is 56.2 Å². The van der Waals surface area contributed by atoms with Gasteiger partial charge >= 0.3 is 6.18 Å². The first-order chi connectivity index (χ1) is 19.1. The van der Waals surface area contributed by atoms with Gasteiger partial charge in [0.15, 0.2) is 0 Å². The summed E-state index contributed by atoms with van der Waals surface area (Å²) in [7, 11) is 1.89. The van der Waals surface area contributed by atoms with E-state index in [1.165, 1.54) is 23.8 Å². The Morgan fingerprint density at radius 1 is 0.950 bits per heavy atom. The van der Waals surface area contributed by atoms with Gasteiger partial charge in [0.25, 0.3) is 11.8 Å². The lowest BCUT2D eigenvalue weighted by molar-refractivity contribution is -0.137. The maximum atomic E-state index is 13.4. The number of benzene rings is 3. The van der Waals surface area contributed by atoms with Crippen molar-refractivity contribution in [1.29, 1.82) is 0 Å². The number of aromatic nitrogens is 2. The zero-order valence-corrected chi connectivity index (χ0v) is 22.2. The van der Waals surface area contributed by atoms with Crippen LogP contribution in [0.25, 0.3) is 11.1 Å². The van der Waals surface area contributed by atoms with Crippen LogP contribution < -0.4 is 5.32 Å². The van der Waals surface area contributed by atoms with Crippen molar-refractivity contribution in [2.45, 2.75) is 31.9 Å². The molecule has 2 heterocycles. The van der Waals surface area contributed by atoms with E-state index in [4.69, 9.17) is 0 Å². The number of likely N-dealkylation sites (tertiary alicyclic amines) is 1. The second kappa shape index (κ2) is 11.0. The quantitative estimate of drug-likeness (QED) is 0.303. The summed E-state index contributed by atoms with van der Waals surface area (Å²) in [6.45, 7) is 2.90. The molecule has 1 N–H and O–H groups in total. The summed E-state index contributed by atoms with van der Waals surface area (Å²) in [5, 5.41) is 6.79. The molecule has 5 rings (SSSR count). The molecular weight excluding hydrogens is 517 g/mol. The molecule has 0 atom stereocenters. The van der Waals surface area contributed by atoms with Crippen LogP contribution >= 0.6 is 0 Å². The number of rotatable bonds is 5. The van der Waals surface area contributed by atoms with Crippen molar-refractivity contribution in [3.63, 3.8) is 0 Å². The summed E-state index contributed by atoms with van der Waals surface area (Å²) in [6.07, 6.45) is 0.794. The van der Waals surface area contributed by atoms with Crippen LogP contribution in [0.5, 0.6) is 0 Å². The van der Waals surface area contributed by atoms with Crippen molar-refractivity contribution in [3.8, 4) is 11.1 Å². The van der Waals surface area contributed by atoms with Gasteiger partial charge < -0.3 is 10.2 Å². The third-order valence-corrected chi connectivity index (χ3v) is 7.41. The molecule has 6 nitrogen and oxygen atoms in total. The Hall–Kier alpha value is -4.40. The normalized spacial score (nSPS) is 14.3. The van der Waals surface area contributed by atoms with Crippen LogP contribution in [0.4, 0.5) is 18.9 Å². The van der Waals surface area contributed by atoms with Crippen molar-refractivity contribution in [3.05, 3.63) is 107 Å². The number of hydrogen-bond acceptors (Lipinski definition) is 3. The van der Waals surface area contributed by atoms with Crippen LogP contribution in [0.15, 0.2) is 79.1 Å². The summed E-state index contributed by atoms with van der Waals surface area (Å²) >= 11 is 0. The fourth-order valence-corrected chi connectivity index (χ4v) is 5.12. The van der Waals surface area contributed by atoms with Crippen molar-refractivity contribution < 1.29 is 22.8 Å². The molecule has 0 bridgehead atoms. The lowest BCUT2D eigenvalue weighted by Gasteiger charge is -2.32. The van der Waals surface area contributed by atoms with Gasteiger partial charge in [-0.05, 0) is 66.6 Å². The van der Waals surface area contributed by atoms with Crippen molar-refractivity contribution in [2.24, 2.45) is 7.05 Å². The van der Waals surface area contributed by atoms with Crippen molar-refractivity contribution in [1.82, 2.24) is 14.7 Å². The van der Waals surface area contributed by atoms with Crippen LogP contribution in [0.3, 0.4) is 0 Å². The van der Waals surface area contributed by atoms with Gasteiger partial charge in [-0.3, -0.25) is 14.3 Å². The largest absolute Gasteiger partial charge is 0.417 e. The summed E-state index contributed by atoms with van der Waals surface area (Å²) in [5.41, 5.74) is 3.25. The Morgan fingerprint density at radius 2 is 1.65 bits per heavy atom. The zero-order chi connectivity index (χ0) is 28.4. The molecule has 0 aliphatic carbocycles. The number of halogens is 3. The Balaban J connectivity index is 1.24. The molecule has 40 heavy (non-hydrogen) atoms. The highest BCUT2D eigenvalue weighted by Crippen LogP contribution is 2.33. The third kappa shape index (κ3) is 5.78. The van der Waals surface area contributed by atoms with E-state index in [-0.39, 0.29) is 5.91 Å². The second-order valence-corrected chi connectivity index (χ2v) is 10.1. The number of amides is 2. The number of carbonyl (C=O) groups excluding carboxylic acids is 2. The highest BCUT2D eigenvalue weighted by Gasteiger charge is 2.35. The first-order valence-corrected chi connectivity index (χ1v) is 13.1. The predicted molar refractivity (Wildman–Crippen MR) is 147 cm³/mol. The minimum absolute atomic E-state index is 0.170. The molecule has 0 saturated carbocycles. The number of alkyl halides is 3. The van der Waals surface area contributed by atoms with Crippen molar-refractivity contribution in [2.75, 3.05) is 18.4 Å². The fourth-order valence-electron chi connectivity index (χ4n) is 5.12. The molecule has 2 amide bonds. The predicted octanol–water partition coefficient (Wildman–Crippen LogP) is 6.69. The molecule has 1 aliphatic rings. The number of carbonyl (C=O) groups is 2. The van der Waals surface area contributed by atoms with Gasteiger partial charge in [-0.1, -0.05) is 42.5 Å². The fraction of sp³-hybridized carbons (Fsp3) is 0.258. The molecule has 1 aliphatic heterocycles. The standard InChI is InChI=1S/C31H29F3N4O2/c1-20-7-8-24(17-28(20)36-29(39)26-5-3-4-6-27(26)31(32,33)34)30(40)38-15-13-23(14-16-38)21-9-11-22(12-10-21)25-18-35-37(2)19-25/h3-12,17-19,23H,13-16H2,1-2H3,(H,36,39). The molecule has 9 heteroatoms. The molecule has 0 radical (unpaired) electrons. The number of anilines is 1. The SMILES string of the molecule is Cc1ccc(C(=O)N2CCC(c3ccc(-c4cnn(C)c4)cc3)CC2)cc1NC(=O)c1ccccc1C(F)(F)F. The molecule has 0 spiro atoms. The highest BCUT2D eigenvalue weighted by molar-refractivity contribution is 6.06. The van der Waals surface area contributed by atoms with Gasteiger partial charge in [0.05, 0.1) is 17.3 Å². The number of piperidine rings is 1. The number of aryl methyl sites for hydroxylation is 2. The molecule has 1 aromatic heterocycles. The minimum Gasteiger partial charge on any atom is -0.339 e. The van der Waals surface area contributed by atoms with E-state index in [9.17, 15) is 22.8 Å². The van der Waals surface area contributed by atoms with Gasteiger partial charge in [0.1, 0.15) is 0 Å². The third-order valence-electron chi connectivity index (χ3n) is 7.41. The lowest BCUT2D eigenvalue weighted by Crippen LogP contribution is -2.38. The molecule has 206 valence electrons.